The Morgan fingerprint density at radius 1 is 0.374 bits per heavy atom. The van der Waals surface area contributed by atoms with Gasteiger partial charge >= 0.3 is 23.9 Å². The lowest BCUT2D eigenvalue weighted by molar-refractivity contribution is -0.146. The third-order valence-corrected chi connectivity index (χ3v) is 23.9. The van der Waals surface area contributed by atoms with Gasteiger partial charge in [0.2, 0.25) is 118 Å². The average molecular weight is 2080 g/mol. The van der Waals surface area contributed by atoms with Gasteiger partial charge in [0.25, 0.3) is 0 Å². The number of carbonyl (C=O) groups is 24. The van der Waals surface area contributed by atoms with Crippen molar-refractivity contribution in [1.29, 1.82) is 0 Å². The molecule has 816 valence electrons. The summed E-state index contributed by atoms with van der Waals surface area (Å²) in [5.41, 5.74) is 18.3. The Labute approximate surface area is 848 Å². The summed E-state index contributed by atoms with van der Waals surface area (Å²) in [6.07, 6.45) is -4.26. The lowest BCUT2D eigenvalue weighted by atomic mass is 9.96. The number of primary amides is 1. The van der Waals surface area contributed by atoms with Crippen molar-refractivity contribution in [3.8, 4) is 0 Å². The molecule has 0 aromatic heterocycles. The van der Waals surface area contributed by atoms with Crippen molar-refractivity contribution in [2.75, 3.05) is 52.5 Å². The van der Waals surface area contributed by atoms with Gasteiger partial charge in [-0.3, -0.25) is 110 Å². The quantitative estimate of drug-likeness (QED) is 0.0274. The number of nitrogens with two attached hydrogens (primary N) is 3. The average Bonchev–Trinajstić information content (AvgIpc) is 1.68. The van der Waals surface area contributed by atoms with E-state index in [2.05, 4.69) is 85.1 Å². The summed E-state index contributed by atoms with van der Waals surface area (Å²) in [6, 6.07) is -12.5. The Bertz CT molecular complexity index is 4900. The van der Waals surface area contributed by atoms with E-state index >= 15 is 0 Å². The van der Waals surface area contributed by atoms with Gasteiger partial charge in [0.1, 0.15) is 103 Å². The standard InChI is InChI=1S/C94H144N22O31/c1-11-50(8)76(114-83(135)56(26-18-19-33-95)103-85(137)61(39-54-24-16-13-17-25-54)107-87(139)64(44-117)111-89(141)68-28-21-35-116(68)93(145)63(41-74(127)128)109-78(130)51(9)100-79(131)55(96)36-47(2)3)91(143)112-65(45-118)86(138)104-58(30-32-73(125)126)82(134)101-52(10)77(129)106-60(38-53-22-14-12-15-23-53)81(133)99-43-71(122)113-75(49(6)7)90(142)108-59(37-48(4)5)84(136)110-62(40-69(97)120)92(144)115-34-20-27-67(115)88(140)105-57(29-31-72(123)124)80(132)98-42-70(121)102-66(46-119)94(146)147/h12-17,22-25,47-52,55-68,75-76,117-119H,11,18-21,26-46,95-96H2,1-10H3,(H2,97,120)(H,98,132)(H,99,133)(H,100,131)(H,101,134)(H,102,121)(H,103,137)(H,104,138)(H,105,140)(H,106,129)(H,107,139)(H,108,142)(H,109,130)(H,110,136)(H,111,141)(H,112,143)(H,113,122)(H,114,135)(H,123,124)(H,125,126)(H,127,128)(H,146,147)/t50-,51-,52-,55-,56-,57-,58-,59-,60-,61-,62-,63-,64-,65-,66-,67-,68-,75-,76-/m0/s1. The van der Waals surface area contributed by atoms with Gasteiger partial charge in [0, 0.05) is 38.8 Å². The van der Waals surface area contributed by atoms with E-state index in [1.54, 1.807) is 81.4 Å². The molecule has 0 spiro atoms. The maximum atomic E-state index is 14.7. The number of likely N-dealkylation sites (tertiary alicyclic amines) is 2. The molecule has 0 unspecified atom stereocenters. The number of nitrogens with one attached hydrogen (secondary N) is 17. The normalized spacial score (nSPS) is 16.7. The molecular weight excluding hydrogens is 1930 g/mol. The van der Waals surface area contributed by atoms with Gasteiger partial charge in [-0.25, -0.2) is 4.79 Å². The molecule has 2 heterocycles. The second-order valence-electron chi connectivity index (χ2n) is 37.2. The number of carboxylic acid groups (broad SMARTS) is 4. The van der Waals surface area contributed by atoms with Crippen LogP contribution in [0.25, 0.3) is 0 Å². The molecular formula is C94H144N22O31. The molecule has 2 aromatic carbocycles. The number of nitrogens with zero attached hydrogens (tertiary/aromatic N) is 2. The third kappa shape index (κ3) is 43.0. The molecule has 0 bridgehead atoms. The first kappa shape index (κ1) is 125. The molecule has 53 heteroatoms. The molecule has 2 aromatic rings. The van der Waals surface area contributed by atoms with Crippen molar-refractivity contribution >= 4 is 142 Å². The van der Waals surface area contributed by atoms with Crippen LogP contribution in [0.5, 0.6) is 0 Å². The highest BCUT2D eigenvalue weighted by molar-refractivity contribution is 6.03. The predicted octanol–water partition coefficient (Wildman–Crippen LogP) is -8.61. The number of amides is 20. The Balaban J connectivity index is 1.49. The lowest BCUT2D eigenvalue weighted by Crippen LogP contribution is -2.62. The molecule has 2 saturated heterocycles. The maximum absolute atomic E-state index is 14.7. The van der Waals surface area contributed by atoms with Crippen LogP contribution in [0.1, 0.15) is 183 Å². The monoisotopic (exact) mass is 2080 g/mol. The fourth-order valence-electron chi connectivity index (χ4n) is 15.7. The number of aliphatic hydroxyl groups excluding tert-OH is 3. The number of hydrogen-bond donors (Lipinski definition) is 27. The van der Waals surface area contributed by atoms with Crippen LogP contribution in [0.15, 0.2) is 60.7 Å². The number of hydrogen-bond acceptors (Lipinski definition) is 29. The van der Waals surface area contributed by atoms with Crippen molar-refractivity contribution in [2.24, 2.45) is 40.9 Å². The van der Waals surface area contributed by atoms with Gasteiger partial charge in [0.05, 0.1) is 51.8 Å². The number of carboxylic acids is 4. The number of aliphatic hydroxyl groups is 3. The van der Waals surface area contributed by atoms with Gasteiger partial charge in [-0.05, 0) is 126 Å². The minimum absolute atomic E-state index is 0.0208. The summed E-state index contributed by atoms with van der Waals surface area (Å²) in [4.78, 5) is 327. The number of rotatable bonds is 65. The second-order valence-corrected chi connectivity index (χ2v) is 37.2. The van der Waals surface area contributed by atoms with E-state index in [1.165, 1.54) is 27.7 Å². The Morgan fingerprint density at radius 2 is 0.748 bits per heavy atom. The molecule has 147 heavy (non-hydrogen) atoms. The third-order valence-electron chi connectivity index (χ3n) is 23.9. The summed E-state index contributed by atoms with van der Waals surface area (Å²) >= 11 is 0. The largest absolute Gasteiger partial charge is 0.481 e. The number of aliphatic carboxylic acids is 4. The summed E-state index contributed by atoms with van der Waals surface area (Å²) in [7, 11) is 0. The van der Waals surface area contributed by atoms with Gasteiger partial charge < -0.3 is 153 Å². The predicted molar refractivity (Wildman–Crippen MR) is 519 cm³/mol. The van der Waals surface area contributed by atoms with Gasteiger partial charge in [-0.1, -0.05) is 122 Å². The minimum atomic E-state index is -1.97. The zero-order valence-corrected chi connectivity index (χ0v) is 83.9. The first-order chi connectivity index (χ1) is 69.3. The molecule has 19 atom stereocenters. The van der Waals surface area contributed by atoms with Gasteiger partial charge in [-0.15, -0.1) is 0 Å². The van der Waals surface area contributed by atoms with Crippen LogP contribution in [0, 0.1) is 23.7 Å². The topological polar surface area (TPSA) is 840 Å². The maximum Gasteiger partial charge on any atom is 0.328 e. The van der Waals surface area contributed by atoms with Crippen LogP contribution in [0.3, 0.4) is 0 Å². The van der Waals surface area contributed by atoms with Gasteiger partial charge in [0.15, 0.2) is 0 Å². The Morgan fingerprint density at radius 3 is 1.20 bits per heavy atom. The van der Waals surface area contributed by atoms with Crippen LogP contribution in [-0.4, -0.2) is 349 Å². The number of carbonyl (C=O) groups excluding carboxylic acids is 20. The summed E-state index contributed by atoms with van der Waals surface area (Å²) < 4.78 is 0. The Kier molecular flexibility index (Phi) is 53.5. The van der Waals surface area contributed by atoms with Crippen LogP contribution < -0.4 is 108 Å². The van der Waals surface area contributed by atoms with E-state index < -0.39 is 334 Å². The van der Waals surface area contributed by atoms with Crippen LogP contribution >= 0.6 is 0 Å². The highest BCUT2D eigenvalue weighted by atomic mass is 16.4. The lowest BCUT2D eigenvalue weighted by Gasteiger charge is -2.31. The van der Waals surface area contributed by atoms with E-state index in [-0.39, 0.29) is 102 Å². The molecule has 53 nitrogen and oxygen atoms in total. The van der Waals surface area contributed by atoms with E-state index in [4.69, 9.17) is 22.3 Å². The fraction of sp³-hybridized carbons (Fsp3) is 0.617. The van der Waals surface area contributed by atoms with Crippen molar-refractivity contribution in [1.82, 2.24) is 100 Å². The number of unbranched alkanes of at least 4 members (excludes halogenated alkanes) is 1. The first-order valence-electron chi connectivity index (χ1n) is 48.5. The van der Waals surface area contributed by atoms with Crippen molar-refractivity contribution < 1.29 is 151 Å². The van der Waals surface area contributed by atoms with Gasteiger partial charge in [-0.2, -0.15) is 0 Å². The second kappa shape index (κ2) is 63.0. The molecule has 2 aliphatic heterocycles. The fourth-order valence-corrected chi connectivity index (χ4v) is 15.7. The summed E-state index contributed by atoms with van der Waals surface area (Å²) in [5, 5.41) is 109. The molecule has 0 saturated carbocycles. The molecule has 0 radical (unpaired) electrons. The molecule has 4 rings (SSSR count). The van der Waals surface area contributed by atoms with Crippen LogP contribution in [0.2, 0.25) is 0 Å². The highest BCUT2D eigenvalue weighted by Gasteiger charge is 2.45. The van der Waals surface area contributed by atoms with E-state index in [0.717, 1.165) is 16.7 Å². The molecule has 0 aliphatic carbocycles. The minimum Gasteiger partial charge on any atom is -0.481 e. The molecule has 2 fully saturated rings. The Hall–Kier alpha value is -14.5. The summed E-state index contributed by atoms with van der Waals surface area (Å²) in [6.45, 7) is 10.4. The van der Waals surface area contributed by atoms with Crippen molar-refractivity contribution in [2.45, 2.75) is 294 Å². The van der Waals surface area contributed by atoms with Crippen molar-refractivity contribution in [3.63, 3.8) is 0 Å². The summed E-state index contributed by atoms with van der Waals surface area (Å²) in [5.74, 6) is -28.7. The van der Waals surface area contributed by atoms with Crippen LogP contribution in [-0.2, 0) is 128 Å². The molecule has 2 aliphatic rings. The highest BCUT2D eigenvalue weighted by Crippen LogP contribution is 2.24. The van der Waals surface area contributed by atoms with E-state index in [0.29, 0.717) is 17.5 Å². The first-order valence-corrected chi connectivity index (χ1v) is 48.5. The molecule has 30 N–H and O–H groups in total. The number of benzene rings is 2. The zero-order valence-electron chi connectivity index (χ0n) is 83.9. The molecule has 20 amide bonds. The van der Waals surface area contributed by atoms with E-state index in [9.17, 15) is 146 Å². The van der Waals surface area contributed by atoms with Crippen LogP contribution in [0.4, 0.5) is 0 Å². The van der Waals surface area contributed by atoms with E-state index in [1.807, 2.05) is 19.2 Å². The SMILES string of the molecule is CC[C@H](C)[C@H](NC(=O)[C@H](CCCCN)NC(=O)[C@H](Cc1ccccc1)NC(=O)[C@H](CO)NC(=O)[C@@H]1CCCN1C(=O)[C@H](CC(=O)O)NC(=O)[C@H](C)NC(=O)[C@@H](N)CC(C)C)C(=O)N[C@@H](CO)C(=O)N[C@@H](CCC(=O)O)C(=O)N[C@@H](C)C(=O)N[C@@H](Cc1ccccc1)C(=O)NCC(=O)N[C@H](C(=O)N[C@@H](CC(C)C)C(=O)N[C@@H](CC(N)=O)C(=O)N1CCC[C@H]1C(=O)N[C@@H](CCC(=O)O)C(=O)NCC(=O)N[C@@H](CO)C(=O)O)C(C)C. The smallest absolute Gasteiger partial charge is 0.328 e. The zero-order chi connectivity index (χ0) is 110. The van der Waals surface area contributed by atoms with Crippen molar-refractivity contribution in [3.05, 3.63) is 71.8 Å².